The lowest BCUT2D eigenvalue weighted by Crippen LogP contribution is -2.31. The zero-order valence-electron chi connectivity index (χ0n) is 21.2. The van der Waals surface area contributed by atoms with E-state index in [1.807, 2.05) is 32.0 Å². The highest BCUT2D eigenvalue weighted by Gasteiger charge is 2.50. The van der Waals surface area contributed by atoms with Crippen molar-refractivity contribution >= 4 is 35.1 Å². The van der Waals surface area contributed by atoms with Crippen LogP contribution in [-0.4, -0.2) is 30.2 Å². The van der Waals surface area contributed by atoms with Crippen molar-refractivity contribution in [2.75, 3.05) is 16.3 Å². The van der Waals surface area contributed by atoms with Crippen LogP contribution in [0.15, 0.2) is 36.4 Å². The first-order valence-corrected chi connectivity index (χ1v) is 12.7. The van der Waals surface area contributed by atoms with Gasteiger partial charge in [0.1, 0.15) is 5.75 Å². The summed E-state index contributed by atoms with van der Waals surface area (Å²) >= 11 is 0. The largest absolute Gasteiger partial charge is 0.426 e. The molecule has 1 saturated carbocycles. The van der Waals surface area contributed by atoms with Crippen LogP contribution >= 0.6 is 0 Å². The average molecular weight is 489 g/mol. The van der Waals surface area contributed by atoms with Crippen LogP contribution in [0.1, 0.15) is 49.3 Å². The maximum absolute atomic E-state index is 13.1. The molecule has 0 N–H and O–H groups in total. The average Bonchev–Trinajstić information content (AvgIpc) is 3.33. The Bertz CT molecular complexity index is 1270. The molecule has 2 saturated heterocycles. The van der Waals surface area contributed by atoms with Crippen molar-refractivity contribution in [2.24, 2.45) is 23.7 Å². The van der Waals surface area contributed by atoms with Gasteiger partial charge < -0.3 is 9.64 Å². The number of benzene rings is 2. The number of hydrogen-bond acceptors (Lipinski definition) is 5. The summed E-state index contributed by atoms with van der Waals surface area (Å²) in [6, 6.07) is 10.8. The quantitative estimate of drug-likeness (QED) is 0.360. The summed E-state index contributed by atoms with van der Waals surface area (Å²) < 4.78 is 5.64. The lowest BCUT2D eigenvalue weighted by atomic mass is 9.76. The Morgan fingerprint density at radius 1 is 0.917 bits per heavy atom. The summed E-state index contributed by atoms with van der Waals surface area (Å²) in [5, 5.41) is 0. The van der Waals surface area contributed by atoms with E-state index < -0.39 is 11.9 Å². The smallest absolute Gasteiger partial charge is 0.316 e. The number of imide groups is 1. The summed E-state index contributed by atoms with van der Waals surface area (Å²) in [6.45, 7) is 8.18. The maximum Gasteiger partial charge on any atom is 0.316 e. The fraction of sp³-hybridized carbons (Fsp3) is 0.448. The molecule has 2 aliphatic heterocycles. The summed E-state index contributed by atoms with van der Waals surface area (Å²) in [4.78, 5) is 54.7. The van der Waals surface area contributed by atoms with E-state index in [1.54, 1.807) is 30.0 Å². The first kappa shape index (κ1) is 24.2. The molecule has 0 aromatic heterocycles. The molecule has 3 aliphatic rings. The summed E-state index contributed by atoms with van der Waals surface area (Å²) in [5.74, 6) is -1.06. The minimum atomic E-state index is -0.566. The van der Waals surface area contributed by atoms with Crippen molar-refractivity contribution in [1.82, 2.24) is 0 Å². The van der Waals surface area contributed by atoms with Crippen molar-refractivity contribution in [3.63, 3.8) is 0 Å². The number of aryl methyl sites for hydroxylation is 2. The van der Waals surface area contributed by atoms with Crippen molar-refractivity contribution in [2.45, 2.75) is 53.4 Å². The second-order valence-corrected chi connectivity index (χ2v) is 10.6. The van der Waals surface area contributed by atoms with Gasteiger partial charge in [-0.1, -0.05) is 19.1 Å². The molecule has 2 aromatic carbocycles. The van der Waals surface area contributed by atoms with Crippen LogP contribution in [0, 0.1) is 44.4 Å². The Morgan fingerprint density at radius 3 is 2.42 bits per heavy atom. The SMILES string of the molecule is Cc1cc(OC(=O)[C@@H]2CC(=O)N(c3cccc(C)c3C)C2)ccc1N1C(=O)[C@H]2C[C@@H](C)CC[C@H]2C1=O. The molecule has 0 spiro atoms. The van der Waals surface area contributed by atoms with Crippen molar-refractivity contribution < 1.29 is 23.9 Å². The third kappa shape index (κ3) is 4.10. The molecular weight excluding hydrogens is 456 g/mol. The van der Waals surface area contributed by atoms with Crippen LogP contribution in [-0.2, 0) is 19.2 Å². The molecule has 1 aliphatic carbocycles. The Labute approximate surface area is 211 Å². The monoisotopic (exact) mass is 488 g/mol. The molecule has 7 nitrogen and oxygen atoms in total. The Kier molecular flexibility index (Phi) is 6.18. The second kappa shape index (κ2) is 9.19. The Morgan fingerprint density at radius 2 is 1.67 bits per heavy atom. The van der Waals surface area contributed by atoms with Crippen LogP contribution in [0.3, 0.4) is 0 Å². The van der Waals surface area contributed by atoms with Gasteiger partial charge in [0.2, 0.25) is 17.7 Å². The zero-order chi connectivity index (χ0) is 25.7. The van der Waals surface area contributed by atoms with Crippen molar-refractivity contribution in [1.29, 1.82) is 0 Å². The van der Waals surface area contributed by atoms with Crippen LogP contribution in [0.2, 0.25) is 0 Å². The molecule has 2 heterocycles. The van der Waals surface area contributed by atoms with Crippen LogP contribution in [0.25, 0.3) is 0 Å². The van der Waals surface area contributed by atoms with Crippen LogP contribution in [0.4, 0.5) is 11.4 Å². The molecule has 0 radical (unpaired) electrons. The third-order valence-corrected chi connectivity index (χ3v) is 8.14. The number of rotatable bonds is 4. The van der Waals surface area contributed by atoms with Crippen LogP contribution < -0.4 is 14.5 Å². The Hall–Kier alpha value is -3.48. The fourth-order valence-corrected chi connectivity index (χ4v) is 5.90. The number of carbonyl (C=O) groups excluding carboxylic acids is 4. The van der Waals surface area contributed by atoms with Gasteiger partial charge in [-0.3, -0.25) is 19.2 Å². The van der Waals surface area contributed by atoms with Crippen molar-refractivity contribution in [3.05, 3.63) is 53.1 Å². The predicted octanol–water partition coefficient (Wildman–Crippen LogP) is 4.50. The fourth-order valence-electron chi connectivity index (χ4n) is 5.90. The topological polar surface area (TPSA) is 84.0 Å². The number of carbonyl (C=O) groups is 4. The van der Waals surface area contributed by atoms with E-state index in [-0.39, 0.29) is 42.5 Å². The number of anilines is 2. The molecule has 2 aromatic rings. The van der Waals surface area contributed by atoms with Gasteiger partial charge in [0.05, 0.1) is 23.4 Å². The normalized spacial score (nSPS) is 25.9. The number of esters is 1. The molecule has 0 unspecified atom stereocenters. The molecular formula is C29H32N2O5. The Balaban J connectivity index is 1.29. The third-order valence-electron chi connectivity index (χ3n) is 8.14. The predicted molar refractivity (Wildman–Crippen MR) is 136 cm³/mol. The van der Waals surface area contributed by atoms with Crippen molar-refractivity contribution in [3.8, 4) is 5.75 Å². The number of fused-ring (bicyclic) bond motifs is 1. The van der Waals surface area contributed by atoms with E-state index in [2.05, 4.69) is 6.92 Å². The lowest BCUT2D eigenvalue weighted by Gasteiger charge is -2.25. The zero-order valence-corrected chi connectivity index (χ0v) is 21.2. The van der Waals surface area contributed by atoms with E-state index in [0.29, 0.717) is 22.9 Å². The number of hydrogen-bond donors (Lipinski definition) is 0. The van der Waals surface area contributed by atoms with Gasteiger partial charge in [-0.15, -0.1) is 0 Å². The second-order valence-electron chi connectivity index (χ2n) is 10.6. The molecule has 5 rings (SSSR count). The van der Waals surface area contributed by atoms with E-state index >= 15 is 0 Å². The number of ether oxygens (including phenoxy) is 1. The van der Waals surface area contributed by atoms with E-state index in [9.17, 15) is 19.2 Å². The molecule has 3 amide bonds. The van der Waals surface area contributed by atoms with E-state index in [1.165, 1.54) is 4.90 Å². The standard InChI is InChI=1S/C29H32N2O5/c1-16-8-10-22-23(12-16)28(34)31(27(22)33)24-11-9-21(13-18(24)3)36-29(35)20-14-26(32)30(15-20)25-7-5-6-17(2)19(25)4/h5-7,9,11,13,16,20,22-23H,8,10,12,14-15H2,1-4H3/t16-,20+,22+,23-/m0/s1. The van der Waals surface area contributed by atoms with Gasteiger partial charge in [-0.05, 0) is 86.9 Å². The first-order chi connectivity index (χ1) is 17.2. The van der Waals surface area contributed by atoms with Gasteiger partial charge in [0.25, 0.3) is 0 Å². The highest BCUT2D eigenvalue weighted by atomic mass is 16.5. The maximum atomic E-state index is 13.1. The highest BCUT2D eigenvalue weighted by molar-refractivity contribution is 6.22. The molecule has 188 valence electrons. The van der Waals surface area contributed by atoms with E-state index in [4.69, 9.17) is 4.74 Å². The summed E-state index contributed by atoms with van der Waals surface area (Å²) in [7, 11) is 0. The number of amides is 3. The molecule has 7 heteroatoms. The molecule has 0 bridgehead atoms. The molecule has 4 atom stereocenters. The van der Waals surface area contributed by atoms with Gasteiger partial charge in [-0.2, -0.15) is 0 Å². The van der Waals surface area contributed by atoms with Crippen LogP contribution in [0.5, 0.6) is 5.75 Å². The van der Waals surface area contributed by atoms with Gasteiger partial charge in [0.15, 0.2) is 0 Å². The minimum absolute atomic E-state index is 0.0981. The summed E-state index contributed by atoms with van der Waals surface area (Å²) in [5.41, 5.74) is 4.17. The molecule has 36 heavy (non-hydrogen) atoms. The number of nitrogens with zero attached hydrogens (tertiary/aromatic N) is 2. The summed E-state index contributed by atoms with van der Waals surface area (Å²) in [6.07, 6.45) is 2.56. The van der Waals surface area contributed by atoms with E-state index in [0.717, 1.165) is 36.1 Å². The van der Waals surface area contributed by atoms with Gasteiger partial charge >= 0.3 is 5.97 Å². The van der Waals surface area contributed by atoms with Gasteiger partial charge in [0, 0.05) is 18.7 Å². The van der Waals surface area contributed by atoms with Gasteiger partial charge in [-0.25, -0.2) is 4.90 Å². The minimum Gasteiger partial charge on any atom is -0.426 e. The molecule has 3 fully saturated rings. The highest BCUT2D eigenvalue weighted by Crippen LogP contribution is 2.43. The first-order valence-electron chi connectivity index (χ1n) is 12.7. The lowest BCUT2D eigenvalue weighted by molar-refractivity contribution is -0.139.